The topological polar surface area (TPSA) is 53.6 Å². The summed E-state index contributed by atoms with van der Waals surface area (Å²) in [4.78, 5) is 14.6. The first kappa shape index (κ1) is 19.0. The maximum Gasteiger partial charge on any atom is 0.319 e. The largest absolute Gasteiger partial charge is 0.385 e. The normalized spacial score (nSPS) is 17.9. The molecule has 1 fully saturated rings. The molecule has 0 aromatic heterocycles. The Morgan fingerprint density at radius 3 is 2.92 bits per heavy atom. The van der Waals surface area contributed by atoms with E-state index < -0.39 is 0 Å². The van der Waals surface area contributed by atoms with Gasteiger partial charge in [-0.3, -0.25) is 0 Å². The maximum atomic E-state index is 12.1. The first-order valence-electron chi connectivity index (χ1n) is 8.52. The van der Waals surface area contributed by atoms with Crippen molar-refractivity contribution in [2.45, 2.75) is 26.7 Å². The number of carbonyl (C=O) groups excluding carboxylic acids is 1. The number of aryl methyl sites for hydroxylation is 2. The first-order chi connectivity index (χ1) is 11.5. The van der Waals surface area contributed by atoms with Crippen LogP contribution in [0.25, 0.3) is 0 Å². The van der Waals surface area contributed by atoms with Crippen LogP contribution in [0.1, 0.15) is 24.0 Å². The summed E-state index contributed by atoms with van der Waals surface area (Å²) in [6.45, 7) is 8.63. The number of ether oxygens (including phenoxy) is 1. The molecule has 6 heteroatoms. The molecule has 2 rings (SSSR count). The number of rotatable bonds is 7. The number of halogens is 1. The smallest absolute Gasteiger partial charge is 0.319 e. The van der Waals surface area contributed by atoms with E-state index in [2.05, 4.69) is 15.5 Å². The van der Waals surface area contributed by atoms with Crippen LogP contribution in [-0.2, 0) is 4.74 Å². The lowest BCUT2D eigenvalue weighted by Crippen LogP contribution is -2.34. The van der Waals surface area contributed by atoms with E-state index in [4.69, 9.17) is 16.3 Å². The van der Waals surface area contributed by atoms with Crippen molar-refractivity contribution in [2.75, 3.05) is 45.2 Å². The van der Waals surface area contributed by atoms with Crippen molar-refractivity contribution in [3.05, 3.63) is 28.3 Å². The summed E-state index contributed by atoms with van der Waals surface area (Å²) in [7, 11) is 1.73. The van der Waals surface area contributed by atoms with Crippen LogP contribution < -0.4 is 10.6 Å². The Bertz CT molecular complexity index is 542. The SMILES string of the molecule is COCCCN1CC[C@@H](CNC(=O)Nc2c(C)cc(C)cc2Cl)C1. The van der Waals surface area contributed by atoms with Gasteiger partial charge in [0.1, 0.15) is 0 Å². The molecule has 1 saturated heterocycles. The molecular formula is C18H28ClN3O2. The fourth-order valence-electron chi connectivity index (χ4n) is 3.18. The van der Waals surface area contributed by atoms with E-state index in [1.54, 1.807) is 7.11 Å². The zero-order chi connectivity index (χ0) is 17.5. The number of amides is 2. The number of likely N-dealkylation sites (tertiary alicyclic amines) is 1. The average molecular weight is 354 g/mol. The Balaban J connectivity index is 1.74. The highest BCUT2D eigenvalue weighted by Gasteiger charge is 2.22. The van der Waals surface area contributed by atoms with Gasteiger partial charge in [0.25, 0.3) is 0 Å². The number of benzene rings is 1. The molecule has 1 aliphatic heterocycles. The van der Waals surface area contributed by atoms with E-state index >= 15 is 0 Å². The lowest BCUT2D eigenvalue weighted by molar-refractivity contribution is 0.178. The van der Waals surface area contributed by atoms with E-state index in [0.717, 1.165) is 50.2 Å². The van der Waals surface area contributed by atoms with Crippen LogP contribution in [0, 0.1) is 19.8 Å². The van der Waals surface area contributed by atoms with Crippen molar-refractivity contribution in [2.24, 2.45) is 5.92 Å². The molecular weight excluding hydrogens is 326 g/mol. The predicted octanol–water partition coefficient (Wildman–Crippen LogP) is 3.44. The summed E-state index contributed by atoms with van der Waals surface area (Å²) in [6, 6.07) is 3.68. The van der Waals surface area contributed by atoms with Crippen molar-refractivity contribution in [3.8, 4) is 0 Å². The van der Waals surface area contributed by atoms with Gasteiger partial charge in [0, 0.05) is 33.4 Å². The third-order valence-electron chi connectivity index (χ3n) is 4.41. The third-order valence-corrected chi connectivity index (χ3v) is 4.71. The standard InChI is InChI=1S/C18H28ClN3O2/c1-13-9-14(2)17(16(19)10-13)21-18(23)20-11-15-5-7-22(12-15)6-4-8-24-3/h9-10,15H,4-8,11-12H2,1-3H3,(H2,20,21,23)/t15-/m0/s1. The lowest BCUT2D eigenvalue weighted by atomic mass is 10.1. The summed E-state index contributed by atoms with van der Waals surface area (Å²) in [5.41, 5.74) is 2.75. The van der Waals surface area contributed by atoms with Crippen LogP contribution in [0.5, 0.6) is 0 Å². The molecule has 2 N–H and O–H groups in total. The fourth-order valence-corrected chi connectivity index (χ4v) is 3.55. The van der Waals surface area contributed by atoms with E-state index in [1.165, 1.54) is 0 Å². The van der Waals surface area contributed by atoms with Gasteiger partial charge >= 0.3 is 6.03 Å². The maximum absolute atomic E-state index is 12.1. The fraction of sp³-hybridized carbons (Fsp3) is 0.611. The highest BCUT2D eigenvalue weighted by atomic mass is 35.5. The number of nitrogens with one attached hydrogen (secondary N) is 2. The molecule has 0 saturated carbocycles. The van der Waals surface area contributed by atoms with Crippen molar-refractivity contribution in [1.29, 1.82) is 0 Å². The van der Waals surface area contributed by atoms with Gasteiger partial charge < -0.3 is 20.3 Å². The number of hydrogen-bond donors (Lipinski definition) is 2. The molecule has 1 aromatic rings. The second-order valence-corrected chi connectivity index (χ2v) is 6.98. The summed E-state index contributed by atoms with van der Waals surface area (Å²) < 4.78 is 5.09. The van der Waals surface area contributed by atoms with Gasteiger partial charge in [0.15, 0.2) is 0 Å². The Labute approximate surface area is 149 Å². The van der Waals surface area contributed by atoms with Crippen molar-refractivity contribution in [3.63, 3.8) is 0 Å². The number of hydrogen-bond acceptors (Lipinski definition) is 3. The van der Waals surface area contributed by atoms with Crippen LogP contribution >= 0.6 is 11.6 Å². The molecule has 5 nitrogen and oxygen atoms in total. The minimum atomic E-state index is -0.193. The summed E-state index contributed by atoms with van der Waals surface area (Å²) in [6.07, 6.45) is 2.18. The Hall–Kier alpha value is -1.30. The van der Waals surface area contributed by atoms with Crippen LogP contribution in [-0.4, -0.2) is 50.8 Å². The molecule has 24 heavy (non-hydrogen) atoms. The summed E-state index contributed by atoms with van der Waals surface area (Å²) in [5.74, 6) is 0.507. The summed E-state index contributed by atoms with van der Waals surface area (Å²) >= 11 is 6.23. The van der Waals surface area contributed by atoms with Gasteiger partial charge in [-0.15, -0.1) is 0 Å². The lowest BCUT2D eigenvalue weighted by Gasteiger charge is -2.16. The number of carbonyl (C=O) groups is 1. The molecule has 1 aromatic carbocycles. The monoisotopic (exact) mass is 353 g/mol. The van der Waals surface area contributed by atoms with E-state index in [-0.39, 0.29) is 6.03 Å². The highest BCUT2D eigenvalue weighted by Crippen LogP contribution is 2.27. The molecule has 0 aliphatic carbocycles. The third kappa shape index (κ3) is 5.65. The molecule has 0 unspecified atom stereocenters. The quantitative estimate of drug-likeness (QED) is 0.738. The van der Waals surface area contributed by atoms with Gasteiger partial charge in [0.2, 0.25) is 0 Å². The van der Waals surface area contributed by atoms with Crippen molar-refractivity contribution in [1.82, 2.24) is 10.2 Å². The first-order valence-corrected chi connectivity index (χ1v) is 8.90. The van der Waals surface area contributed by atoms with Gasteiger partial charge in [-0.2, -0.15) is 0 Å². The average Bonchev–Trinajstić information content (AvgIpc) is 2.97. The van der Waals surface area contributed by atoms with Gasteiger partial charge in [0.05, 0.1) is 10.7 Å². The molecule has 1 heterocycles. The van der Waals surface area contributed by atoms with Crippen LogP contribution in [0.15, 0.2) is 12.1 Å². The number of methoxy groups -OCH3 is 1. The zero-order valence-corrected chi connectivity index (χ0v) is 15.6. The molecule has 134 valence electrons. The number of urea groups is 1. The van der Waals surface area contributed by atoms with Crippen LogP contribution in [0.3, 0.4) is 0 Å². The molecule has 0 bridgehead atoms. The Morgan fingerprint density at radius 2 is 2.21 bits per heavy atom. The second kappa shape index (κ2) is 9.25. The van der Waals surface area contributed by atoms with E-state index in [1.807, 2.05) is 26.0 Å². The van der Waals surface area contributed by atoms with Gasteiger partial charge in [-0.1, -0.05) is 17.7 Å². The molecule has 1 atom stereocenters. The number of nitrogens with zero attached hydrogens (tertiary/aromatic N) is 1. The zero-order valence-electron chi connectivity index (χ0n) is 14.8. The Morgan fingerprint density at radius 1 is 1.42 bits per heavy atom. The van der Waals surface area contributed by atoms with Crippen molar-refractivity contribution < 1.29 is 9.53 Å². The predicted molar refractivity (Wildman–Crippen MR) is 99.0 cm³/mol. The van der Waals surface area contributed by atoms with E-state index in [0.29, 0.717) is 23.2 Å². The molecule has 0 radical (unpaired) electrons. The minimum Gasteiger partial charge on any atom is -0.385 e. The summed E-state index contributed by atoms with van der Waals surface area (Å²) in [5, 5.41) is 6.42. The van der Waals surface area contributed by atoms with Crippen molar-refractivity contribution >= 4 is 23.3 Å². The molecule has 0 spiro atoms. The molecule has 1 aliphatic rings. The minimum absolute atomic E-state index is 0.193. The van der Waals surface area contributed by atoms with Gasteiger partial charge in [-0.25, -0.2) is 4.79 Å². The van der Waals surface area contributed by atoms with E-state index in [9.17, 15) is 4.79 Å². The Kier molecular flexibility index (Phi) is 7.34. The second-order valence-electron chi connectivity index (χ2n) is 6.58. The van der Waals surface area contributed by atoms with Crippen LogP contribution in [0.4, 0.5) is 10.5 Å². The number of anilines is 1. The van der Waals surface area contributed by atoms with Gasteiger partial charge in [-0.05, 0) is 56.3 Å². The van der Waals surface area contributed by atoms with Crippen LogP contribution in [0.2, 0.25) is 5.02 Å². The highest BCUT2D eigenvalue weighted by molar-refractivity contribution is 6.34. The molecule has 2 amide bonds.